The van der Waals surface area contributed by atoms with Gasteiger partial charge in [-0.05, 0) is 22.5 Å². The molecule has 2 saturated heterocycles. The molecule has 0 spiro atoms. The number of rotatable bonds is 2. The fourth-order valence-electron chi connectivity index (χ4n) is 2.44. The highest BCUT2D eigenvalue weighted by Crippen LogP contribution is 2.45. The molecule has 2 nitrogen and oxygen atoms in total. The van der Waals surface area contributed by atoms with E-state index in [0.29, 0.717) is 22.8 Å². The summed E-state index contributed by atoms with van der Waals surface area (Å²) in [5, 5.41) is 0. The zero-order chi connectivity index (χ0) is 12.4. The predicted octanol–water partition coefficient (Wildman–Crippen LogP) is 3.70. The summed E-state index contributed by atoms with van der Waals surface area (Å²) < 4.78 is 8.13. The van der Waals surface area contributed by atoms with Gasteiger partial charge in [0.2, 0.25) is 0 Å². The summed E-state index contributed by atoms with van der Waals surface area (Å²) in [7, 11) is 0. The Bertz CT molecular complexity index is 326. The summed E-state index contributed by atoms with van der Waals surface area (Å²) in [6.45, 7) is 4.28. The number of ether oxygens (including phenoxy) is 1. The lowest BCUT2D eigenvalue weighted by atomic mass is 9.83. The van der Waals surface area contributed by atoms with Crippen molar-refractivity contribution in [3.8, 4) is 0 Å². The zero-order valence-corrected chi connectivity index (χ0v) is 13.8. The predicted molar refractivity (Wildman–Crippen MR) is 83.6 cm³/mol. The summed E-state index contributed by atoms with van der Waals surface area (Å²) >= 11 is 6.24. The third-order valence-electron chi connectivity index (χ3n) is 3.43. The van der Waals surface area contributed by atoms with Crippen LogP contribution in [-0.2, 0) is 9.53 Å². The van der Waals surface area contributed by atoms with Gasteiger partial charge in [0.25, 0.3) is 0 Å². The number of cyclic esters (lactones) is 1. The van der Waals surface area contributed by atoms with Crippen LogP contribution in [-0.4, -0.2) is 28.2 Å². The number of hydrogen-bond donors (Lipinski definition) is 0. The maximum atomic E-state index is 11.7. The first kappa shape index (κ1) is 14.1. The van der Waals surface area contributed by atoms with E-state index < -0.39 is 0 Å². The fraction of sp³-hybridized carbons (Fsp3) is 0.750. The lowest BCUT2D eigenvalue weighted by Crippen LogP contribution is -2.41. The molecule has 5 heteroatoms. The van der Waals surface area contributed by atoms with Crippen LogP contribution >= 0.6 is 46.1 Å². The van der Waals surface area contributed by atoms with Gasteiger partial charge in [-0.15, -0.1) is 23.5 Å². The molecule has 0 aromatic carbocycles. The Labute approximate surface area is 125 Å². The Balaban J connectivity index is 2.13. The number of carbonyl (C=O) groups excluding carboxylic acids is 1. The second kappa shape index (κ2) is 6.19. The maximum Gasteiger partial charge on any atom is 0.306 e. The van der Waals surface area contributed by atoms with E-state index in [0.717, 1.165) is 0 Å². The van der Waals surface area contributed by atoms with Crippen LogP contribution < -0.4 is 0 Å². The highest BCUT2D eigenvalue weighted by atomic mass is 127. The minimum absolute atomic E-state index is 0.0139. The minimum Gasteiger partial charge on any atom is -0.458 e. The molecule has 2 heterocycles. The molecular weight excluding hydrogens is 367 g/mol. The second-order valence-corrected chi connectivity index (χ2v) is 8.02. The van der Waals surface area contributed by atoms with E-state index in [-0.39, 0.29) is 12.1 Å². The van der Waals surface area contributed by atoms with Crippen LogP contribution in [0.3, 0.4) is 0 Å². The van der Waals surface area contributed by atoms with E-state index >= 15 is 0 Å². The van der Waals surface area contributed by atoms with Gasteiger partial charge in [-0.2, -0.15) is 0 Å². The van der Waals surface area contributed by atoms with E-state index in [9.17, 15) is 4.79 Å². The summed E-state index contributed by atoms with van der Waals surface area (Å²) in [5.41, 5.74) is 1.17. The monoisotopic (exact) mass is 384 g/mol. The van der Waals surface area contributed by atoms with E-state index in [2.05, 4.69) is 36.4 Å². The molecule has 2 aliphatic heterocycles. The topological polar surface area (TPSA) is 26.3 Å². The molecule has 0 aromatic rings. The van der Waals surface area contributed by atoms with Gasteiger partial charge < -0.3 is 4.74 Å². The lowest BCUT2D eigenvalue weighted by Gasteiger charge is -2.38. The summed E-state index contributed by atoms with van der Waals surface area (Å²) in [4.78, 5) is 11.7. The molecule has 17 heavy (non-hydrogen) atoms. The molecule has 1 unspecified atom stereocenters. The molecule has 0 bridgehead atoms. The molecule has 2 rings (SSSR count). The number of halogens is 1. The summed E-state index contributed by atoms with van der Waals surface area (Å²) in [6, 6.07) is 0. The average Bonchev–Trinajstić information content (AvgIpc) is 2.84. The first-order valence-corrected chi connectivity index (χ1v) is 9.17. The van der Waals surface area contributed by atoms with Crippen molar-refractivity contribution in [2.45, 2.75) is 31.0 Å². The van der Waals surface area contributed by atoms with Gasteiger partial charge in [0, 0.05) is 17.4 Å². The standard InChI is InChI=1S/C12H17IO2S2/c1-7(6-13)11-8(2)9(5-10(14)15-11)12-16-3-4-17-12/h6,8-9,11-12H,3-5H2,1-2H3/b7-6+/t8-,9?,11-/m0/s1. The molecule has 0 aromatic heterocycles. The van der Waals surface area contributed by atoms with Gasteiger partial charge in [0.15, 0.2) is 0 Å². The SMILES string of the molecule is C/C(=C\I)[C@@H]1OC(=O)CC(C2SCCS2)[C@@H]1C. The van der Waals surface area contributed by atoms with E-state index in [1.807, 2.05) is 27.6 Å². The normalized spacial score (nSPS) is 36.1. The van der Waals surface area contributed by atoms with Crippen LogP contribution in [0.1, 0.15) is 20.3 Å². The Morgan fingerprint density at radius 3 is 2.71 bits per heavy atom. The first-order valence-electron chi connectivity index (χ1n) is 5.83. The van der Waals surface area contributed by atoms with E-state index in [4.69, 9.17) is 4.74 Å². The van der Waals surface area contributed by atoms with Gasteiger partial charge in [-0.1, -0.05) is 29.5 Å². The first-order chi connectivity index (χ1) is 8.13. The molecule has 0 saturated carbocycles. The number of thioether (sulfide) groups is 2. The van der Waals surface area contributed by atoms with Gasteiger partial charge in [0.05, 0.1) is 11.0 Å². The summed E-state index contributed by atoms with van der Waals surface area (Å²) in [6.07, 6.45) is 0.580. The largest absolute Gasteiger partial charge is 0.458 e. The van der Waals surface area contributed by atoms with Gasteiger partial charge >= 0.3 is 5.97 Å². The fourth-order valence-corrected chi connectivity index (χ4v) is 6.17. The molecule has 0 amide bonds. The summed E-state index contributed by atoms with van der Waals surface area (Å²) in [5.74, 6) is 3.31. The molecule has 0 aliphatic carbocycles. The zero-order valence-electron chi connectivity index (χ0n) is 10.0. The lowest BCUT2D eigenvalue weighted by molar-refractivity contribution is -0.158. The number of hydrogen-bond acceptors (Lipinski definition) is 4. The molecule has 2 aliphatic rings. The van der Waals surface area contributed by atoms with Crippen molar-refractivity contribution in [3.05, 3.63) is 9.66 Å². The van der Waals surface area contributed by atoms with Crippen molar-refractivity contribution in [1.29, 1.82) is 0 Å². The number of carbonyl (C=O) groups is 1. The third-order valence-corrected chi connectivity index (χ3v) is 7.72. The van der Waals surface area contributed by atoms with Crippen LogP contribution in [0.15, 0.2) is 9.66 Å². The van der Waals surface area contributed by atoms with Crippen molar-refractivity contribution in [1.82, 2.24) is 0 Å². The molecular formula is C12H17IO2S2. The molecule has 96 valence electrons. The van der Waals surface area contributed by atoms with Crippen LogP contribution in [0, 0.1) is 11.8 Å². The molecule has 2 fully saturated rings. The van der Waals surface area contributed by atoms with Crippen molar-refractivity contribution in [2.24, 2.45) is 11.8 Å². The quantitative estimate of drug-likeness (QED) is 0.536. The Morgan fingerprint density at radius 2 is 2.12 bits per heavy atom. The van der Waals surface area contributed by atoms with Crippen LogP contribution in [0.4, 0.5) is 0 Å². The molecule has 0 radical (unpaired) electrons. The number of esters is 1. The molecule has 0 N–H and O–H groups in total. The Morgan fingerprint density at radius 1 is 1.47 bits per heavy atom. The highest BCUT2D eigenvalue weighted by molar-refractivity contribution is 14.1. The van der Waals surface area contributed by atoms with Crippen LogP contribution in [0.25, 0.3) is 0 Å². The smallest absolute Gasteiger partial charge is 0.306 e. The van der Waals surface area contributed by atoms with E-state index in [1.165, 1.54) is 17.1 Å². The van der Waals surface area contributed by atoms with Crippen LogP contribution in [0.5, 0.6) is 0 Å². The van der Waals surface area contributed by atoms with Crippen molar-refractivity contribution >= 4 is 52.1 Å². The molecule has 3 atom stereocenters. The van der Waals surface area contributed by atoms with Gasteiger partial charge in [-0.3, -0.25) is 4.79 Å². The average molecular weight is 384 g/mol. The van der Waals surface area contributed by atoms with Crippen molar-refractivity contribution < 1.29 is 9.53 Å². The highest BCUT2D eigenvalue weighted by Gasteiger charge is 2.41. The van der Waals surface area contributed by atoms with Crippen LogP contribution in [0.2, 0.25) is 0 Å². The second-order valence-electron chi connectivity index (χ2n) is 4.60. The Kier molecular flexibility index (Phi) is 5.12. The van der Waals surface area contributed by atoms with Gasteiger partial charge in [0.1, 0.15) is 6.10 Å². The van der Waals surface area contributed by atoms with Gasteiger partial charge in [-0.25, -0.2) is 0 Å². The van der Waals surface area contributed by atoms with Crippen molar-refractivity contribution in [3.63, 3.8) is 0 Å². The third kappa shape index (κ3) is 3.15. The maximum absolute atomic E-state index is 11.7. The van der Waals surface area contributed by atoms with E-state index in [1.54, 1.807) is 0 Å². The minimum atomic E-state index is -0.0243. The van der Waals surface area contributed by atoms with Crippen molar-refractivity contribution in [2.75, 3.05) is 11.5 Å². The Hall–Kier alpha value is 0.640.